The lowest BCUT2D eigenvalue weighted by Crippen LogP contribution is -2.15. The summed E-state index contributed by atoms with van der Waals surface area (Å²) < 4.78 is 23.8. The van der Waals surface area contributed by atoms with Gasteiger partial charge in [-0.05, 0) is 13.8 Å². The van der Waals surface area contributed by atoms with Crippen molar-refractivity contribution in [2.45, 2.75) is 26.1 Å². The van der Waals surface area contributed by atoms with E-state index in [1.807, 2.05) is 0 Å². The highest BCUT2D eigenvalue weighted by molar-refractivity contribution is 5.92. The van der Waals surface area contributed by atoms with Gasteiger partial charge in [0, 0.05) is 24.3 Å². The molecule has 0 bridgehead atoms. The molecule has 0 amide bonds. The number of ether oxygens (including phenoxy) is 5. The molecule has 0 aliphatic rings. The highest BCUT2D eigenvalue weighted by Gasteiger charge is 2.04. The molecule has 0 aliphatic carbocycles. The third kappa shape index (κ3) is 18.4. The van der Waals surface area contributed by atoms with Crippen LogP contribution in [0.1, 0.15) is 13.8 Å². The summed E-state index contributed by atoms with van der Waals surface area (Å²) in [6.07, 6.45) is 1.90. The monoisotopic (exact) mass is 418 g/mol. The molecule has 11 nitrogen and oxygen atoms in total. The first-order valence-corrected chi connectivity index (χ1v) is 8.67. The molecular formula is C18H26O11. The van der Waals surface area contributed by atoms with E-state index in [0.29, 0.717) is 0 Å². The van der Waals surface area contributed by atoms with Gasteiger partial charge in [0.15, 0.2) is 0 Å². The Labute approximate surface area is 167 Å². The van der Waals surface area contributed by atoms with E-state index in [9.17, 15) is 19.2 Å². The molecule has 29 heavy (non-hydrogen) atoms. The SMILES string of the molecule is CC(O)COC(=O)/C=C/C(=O)OCCOCCOC(=O)/C=C/C(=O)OCC(C)O. The Hall–Kier alpha value is -2.76. The summed E-state index contributed by atoms with van der Waals surface area (Å²) in [5.74, 6) is -3.12. The first-order chi connectivity index (χ1) is 13.7. The van der Waals surface area contributed by atoms with Crippen LogP contribution in [0.3, 0.4) is 0 Å². The normalized spacial score (nSPS) is 13.1. The van der Waals surface area contributed by atoms with Gasteiger partial charge in [0.05, 0.1) is 25.4 Å². The third-order valence-electron chi connectivity index (χ3n) is 2.59. The highest BCUT2D eigenvalue weighted by Crippen LogP contribution is 1.91. The molecule has 0 spiro atoms. The van der Waals surface area contributed by atoms with E-state index >= 15 is 0 Å². The first kappa shape index (κ1) is 26.2. The van der Waals surface area contributed by atoms with Gasteiger partial charge in [0.25, 0.3) is 0 Å². The van der Waals surface area contributed by atoms with Gasteiger partial charge in [0.2, 0.25) is 0 Å². The molecular weight excluding hydrogens is 392 g/mol. The summed E-state index contributed by atoms with van der Waals surface area (Å²) in [6, 6.07) is 0. The number of hydrogen-bond acceptors (Lipinski definition) is 11. The fourth-order valence-corrected chi connectivity index (χ4v) is 1.37. The molecule has 2 N–H and O–H groups in total. The zero-order valence-electron chi connectivity index (χ0n) is 16.3. The molecule has 11 heteroatoms. The summed E-state index contributed by atoms with van der Waals surface area (Å²) in [7, 11) is 0. The van der Waals surface area contributed by atoms with Crippen LogP contribution in [0.15, 0.2) is 24.3 Å². The fourth-order valence-electron chi connectivity index (χ4n) is 1.37. The minimum atomic E-state index is -0.802. The van der Waals surface area contributed by atoms with E-state index in [2.05, 4.69) is 9.47 Å². The first-order valence-electron chi connectivity index (χ1n) is 8.67. The Morgan fingerprint density at radius 3 is 1.24 bits per heavy atom. The van der Waals surface area contributed by atoms with Gasteiger partial charge >= 0.3 is 23.9 Å². The molecule has 0 aromatic heterocycles. The quantitative estimate of drug-likeness (QED) is 0.155. The maximum atomic E-state index is 11.3. The van der Waals surface area contributed by atoms with E-state index in [4.69, 9.17) is 24.4 Å². The standard InChI is InChI=1S/C18H26O11/c1-13(19)11-28-17(23)5-3-15(21)26-9-7-25-8-10-27-16(22)4-6-18(24)29-12-14(2)20/h3-6,13-14,19-20H,7-12H2,1-2H3/b5-3+,6-4+. The average Bonchev–Trinajstić information content (AvgIpc) is 2.66. The molecule has 0 saturated heterocycles. The van der Waals surface area contributed by atoms with Gasteiger partial charge in [0.1, 0.15) is 26.4 Å². The van der Waals surface area contributed by atoms with Crippen LogP contribution in [0.25, 0.3) is 0 Å². The van der Waals surface area contributed by atoms with Crippen molar-refractivity contribution >= 4 is 23.9 Å². The number of carbonyl (C=O) groups excluding carboxylic acids is 4. The second-order valence-electron chi connectivity index (χ2n) is 5.57. The maximum absolute atomic E-state index is 11.3. The van der Waals surface area contributed by atoms with Crippen LogP contribution in [0.5, 0.6) is 0 Å². The Bertz CT molecular complexity index is 528. The van der Waals surface area contributed by atoms with Crippen LogP contribution in [0.2, 0.25) is 0 Å². The van der Waals surface area contributed by atoms with Gasteiger partial charge in [-0.3, -0.25) is 0 Å². The second kappa shape index (κ2) is 16.2. The lowest BCUT2D eigenvalue weighted by atomic mass is 10.4. The maximum Gasteiger partial charge on any atom is 0.331 e. The Kier molecular flexibility index (Phi) is 14.7. The zero-order chi connectivity index (χ0) is 22.1. The van der Waals surface area contributed by atoms with Gasteiger partial charge < -0.3 is 33.9 Å². The van der Waals surface area contributed by atoms with Crippen LogP contribution in [-0.4, -0.2) is 85.9 Å². The molecule has 2 unspecified atom stereocenters. The highest BCUT2D eigenvalue weighted by atomic mass is 16.6. The second-order valence-corrected chi connectivity index (χ2v) is 5.57. The summed E-state index contributed by atoms with van der Waals surface area (Å²) in [6.45, 7) is 2.42. The van der Waals surface area contributed by atoms with Crippen molar-refractivity contribution in [1.82, 2.24) is 0 Å². The van der Waals surface area contributed by atoms with Crippen LogP contribution >= 0.6 is 0 Å². The molecule has 164 valence electrons. The van der Waals surface area contributed by atoms with Crippen LogP contribution < -0.4 is 0 Å². The molecule has 0 radical (unpaired) electrons. The van der Waals surface area contributed by atoms with Crippen molar-refractivity contribution in [3.8, 4) is 0 Å². The van der Waals surface area contributed by atoms with Gasteiger partial charge in [-0.15, -0.1) is 0 Å². The van der Waals surface area contributed by atoms with Crippen LogP contribution in [-0.2, 0) is 42.9 Å². The molecule has 2 atom stereocenters. The molecule has 0 aliphatic heterocycles. The summed E-state index contributed by atoms with van der Waals surface area (Å²) in [5.41, 5.74) is 0. The topological polar surface area (TPSA) is 155 Å². The Morgan fingerprint density at radius 2 is 0.931 bits per heavy atom. The van der Waals surface area contributed by atoms with E-state index in [1.165, 1.54) is 13.8 Å². The lowest BCUT2D eigenvalue weighted by molar-refractivity contribution is -0.143. The molecule has 0 heterocycles. The Balaban J connectivity index is 3.71. The molecule has 0 aromatic rings. The van der Waals surface area contributed by atoms with Gasteiger partial charge in [-0.1, -0.05) is 0 Å². The summed E-state index contributed by atoms with van der Waals surface area (Å²) in [4.78, 5) is 45.0. The fraction of sp³-hybridized carbons (Fsp3) is 0.556. The smallest absolute Gasteiger partial charge is 0.331 e. The molecule has 0 saturated carbocycles. The van der Waals surface area contributed by atoms with Crippen molar-refractivity contribution < 1.29 is 53.1 Å². The van der Waals surface area contributed by atoms with Gasteiger partial charge in [-0.25, -0.2) is 19.2 Å². The number of rotatable bonds is 14. The number of carbonyl (C=O) groups is 4. The number of hydrogen-bond donors (Lipinski definition) is 2. The van der Waals surface area contributed by atoms with Crippen molar-refractivity contribution in [2.75, 3.05) is 39.6 Å². The van der Waals surface area contributed by atoms with E-state index < -0.39 is 36.1 Å². The average molecular weight is 418 g/mol. The zero-order valence-corrected chi connectivity index (χ0v) is 16.3. The van der Waals surface area contributed by atoms with Gasteiger partial charge in [-0.2, -0.15) is 0 Å². The van der Waals surface area contributed by atoms with E-state index in [1.54, 1.807) is 0 Å². The molecule has 0 rings (SSSR count). The van der Waals surface area contributed by atoms with E-state index in [-0.39, 0.29) is 39.6 Å². The number of esters is 4. The van der Waals surface area contributed by atoms with Crippen molar-refractivity contribution in [3.63, 3.8) is 0 Å². The summed E-state index contributed by atoms with van der Waals surface area (Å²) >= 11 is 0. The predicted molar refractivity (Wildman–Crippen MR) is 96.3 cm³/mol. The largest absolute Gasteiger partial charge is 0.460 e. The van der Waals surface area contributed by atoms with Crippen LogP contribution in [0.4, 0.5) is 0 Å². The third-order valence-corrected chi connectivity index (χ3v) is 2.59. The lowest BCUT2D eigenvalue weighted by Gasteiger charge is -2.05. The molecule has 0 aromatic carbocycles. The van der Waals surface area contributed by atoms with Crippen LogP contribution in [0, 0.1) is 0 Å². The molecule has 0 fully saturated rings. The summed E-state index contributed by atoms with van der Waals surface area (Å²) in [5, 5.41) is 17.9. The number of aliphatic hydroxyl groups excluding tert-OH is 2. The predicted octanol–water partition coefficient (Wildman–Crippen LogP) is -0.950. The number of aliphatic hydroxyl groups is 2. The van der Waals surface area contributed by atoms with E-state index in [0.717, 1.165) is 24.3 Å². The van der Waals surface area contributed by atoms with Crippen molar-refractivity contribution in [2.24, 2.45) is 0 Å². The van der Waals surface area contributed by atoms with Crippen molar-refractivity contribution in [3.05, 3.63) is 24.3 Å². The minimum absolute atomic E-state index is 0.0329. The minimum Gasteiger partial charge on any atom is -0.460 e. The Morgan fingerprint density at radius 1 is 0.621 bits per heavy atom. The van der Waals surface area contributed by atoms with Crippen molar-refractivity contribution in [1.29, 1.82) is 0 Å².